The second-order valence-electron chi connectivity index (χ2n) is 2.80. The monoisotopic (exact) mass is 210 g/mol. The van der Waals surface area contributed by atoms with E-state index in [-0.39, 0.29) is 41.9 Å². The number of carbonyl (C=O) groups is 2. The van der Waals surface area contributed by atoms with E-state index in [1.54, 1.807) is 0 Å². The molecule has 0 saturated carbocycles. The van der Waals surface area contributed by atoms with E-state index in [9.17, 15) is 14.7 Å². The molecule has 5 heteroatoms. The van der Waals surface area contributed by atoms with Crippen molar-refractivity contribution in [3.8, 4) is 0 Å². The van der Waals surface area contributed by atoms with Crippen LogP contribution in [0.5, 0.6) is 0 Å². The average Bonchev–Trinajstić information content (AvgIpc) is 2.08. The maximum atomic E-state index is 10.9. The van der Waals surface area contributed by atoms with Crippen molar-refractivity contribution in [1.82, 2.24) is 0 Å². The molecule has 0 aromatic heterocycles. The average molecular weight is 210 g/mol. The molecule has 0 unspecified atom stereocenters. The fourth-order valence-electron chi connectivity index (χ4n) is 0.827. The summed E-state index contributed by atoms with van der Waals surface area (Å²) in [6, 6.07) is 0. The molecular formula is C9H15NaO4. The standard InChI is InChI=1S/C9H16O4.Na/c1-2-7-13-9(12)6-4-3-5-8(10)11;/h2-7H2,1H3,(H,10,11);/q;+1/p-1. The largest absolute Gasteiger partial charge is 1.00 e. The van der Waals surface area contributed by atoms with E-state index in [1.807, 2.05) is 6.92 Å². The van der Waals surface area contributed by atoms with E-state index in [2.05, 4.69) is 0 Å². The number of unbranched alkanes of at least 4 members (excludes halogenated alkanes) is 1. The molecule has 0 heterocycles. The number of carbonyl (C=O) groups excluding carboxylic acids is 2. The second-order valence-corrected chi connectivity index (χ2v) is 2.80. The first-order valence-corrected chi connectivity index (χ1v) is 4.52. The first-order valence-electron chi connectivity index (χ1n) is 4.52. The molecule has 0 rings (SSSR count). The fraction of sp³-hybridized carbons (Fsp3) is 0.778. The summed E-state index contributed by atoms with van der Waals surface area (Å²) in [5, 5.41) is 9.99. The van der Waals surface area contributed by atoms with Crippen LogP contribution in [0.1, 0.15) is 39.0 Å². The van der Waals surface area contributed by atoms with Crippen molar-refractivity contribution >= 4 is 11.9 Å². The van der Waals surface area contributed by atoms with Crippen LogP contribution in [0.2, 0.25) is 0 Å². The minimum Gasteiger partial charge on any atom is -0.550 e. The van der Waals surface area contributed by atoms with E-state index in [0.717, 1.165) is 6.42 Å². The van der Waals surface area contributed by atoms with Gasteiger partial charge in [-0.15, -0.1) is 0 Å². The van der Waals surface area contributed by atoms with Crippen molar-refractivity contribution in [1.29, 1.82) is 0 Å². The maximum Gasteiger partial charge on any atom is 1.00 e. The molecule has 0 saturated heterocycles. The van der Waals surface area contributed by atoms with Crippen LogP contribution in [-0.2, 0) is 14.3 Å². The third kappa shape index (κ3) is 11.9. The number of hydrogen-bond donors (Lipinski definition) is 0. The second kappa shape index (κ2) is 11.0. The molecule has 0 atom stereocenters. The quantitative estimate of drug-likeness (QED) is 0.260. The van der Waals surface area contributed by atoms with Crippen LogP contribution >= 0.6 is 0 Å². The number of rotatable bonds is 7. The van der Waals surface area contributed by atoms with Gasteiger partial charge in [0.15, 0.2) is 0 Å². The Hall–Kier alpha value is -0.0600. The molecule has 0 amide bonds. The molecule has 76 valence electrons. The zero-order chi connectivity index (χ0) is 10.1. The van der Waals surface area contributed by atoms with Crippen molar-refractivity contribution < 1.29 is 49.0 Å². The Balaban J connectivity index is 0. The van der Waals surface area contributed by atoms with E-state index >= 15 is 0 Å². The summed E-state index contributed by atoms with van der Waals surface area (Å²) in [6.07, 6.45) is 2.15. The molecule has 0 fully saturated rings. The van der Waals surface area contributed by atoms with Gasteiger partial charge in [-0.2, -0.15) is 0 Å². The Labute approximate surface area is 106 Å². The summed E-state index contributed by atoms with van der Waals surface area (Å²) in [7, 11) is 0. The molecule has 0 aliphatic heterocycles. The van der Waals surface area contributed by atoms with Gasteiger partial charge in [0, 0.05) is 12.4 Å². The molecule has 0 N–H and O–H groups in total. The predicted octanol–water partition coefficient (Wildman–Crippen LogP) is -2.75. The van der Waals surface area contributed by atoms with Crippen molar-refractivity contribution in [3.63, 3.8) is 0 Å². The van der Waals surface area contributed by atoms with E-state index in [4.69, 9.17) is 4.74 Å². The maximum absolute atomic E-state index is 10.9. The van der Waals surface area contributed by atoms with Crippen molar-refractivity contribution in [2.75, 3.05) is 6.61 Å². The molecule has 0 aliphatic carbocycles. The third-order valence-electron chi connectivity index (χ3n) is 1.48. The summed E-state index contributed by atoms with van der Waals surface area (Å²) < 4.78 is 4.80. The Bertz CT molecular complexity index is 170. The van der Waals surface area contributed by atoms with Crippen LogP contribution in [0.4, 0.5) is 0 Å². The van der Waals surface area contributed by atoms with Crippen molar-refractivity contribution in [2.45, 2.75) is 39.0 Å². The summed E-state index contributed by atoms with van der Waals surface area (Å²) in [4.78, 5) is 20.9. The van der Waals surface area contributed by atoms with Gasteiger partial charge in [0.05, 0.1) is 6.61 Å². The number of aliphatic carboxylic acids is 1. The normalized spacial score (nSPS) is 8.93. The van der Waals surface area contributed by atoms with E-state index in [0.29, 0.717) is 25.9 Å². The summed E-state index contributed by atoms with van der Waals surface area (Å²) in [6.45, 7) is 2.36. The number of esters is 1. The van der Waals surface area contributed by atoms with Gasteiger partial charge in [0.2, 0.25) is 0 Å². The fourth-order valence-corrected chi connectivity index (χ4v) is 0.827. The molecule has 0 aliphatic rings. The van der Waals surface area contributed by atoms with Gasteiger partial charge in [-0.1, -0.05) is 6.92 Å². The first kappa shape index (κ1) is 16.4. The van der Waals surface area contributed by atoms with Crippen LogP contribution < -0.4 is 34.7 Å². The Morgan fingerprint density at radius 2 is 1.79 bits per heavy atom. The minimum atomic E-state index is -1.07. The molecule has 0 aromatic carbocycles. The molecule has 0 spiro atoms. The van der Waals surface area contributed by atoms with Crippen LogP contribution in [-0.4, -0.2) is 18.5 Å². The topological polar surface area (TPSA) is 66.4 Å². The van der Waals surface area contributed by atoms with E-state index in [1.165, 1.54) is 0 Å². The van der Waals surface area contributed by atoms with Crippen molar-refractivity contribution in [2.24, 2.45) is 0 Å². The van der Waals surface area contributed by atoms with Gasteiger partial charge >= 0.3 is 35.5 Å². The Morgan fingerprint density at radius 3 is 2.29 bits per heavy atom. The molecule has 0 radical (unpaired) electrons. The summed E-state index contributed by atoms with van der Waals surface area (Å²) in [5.74, 6) is -1.32. The van der Waals surface area contributed by atoms with Crippen LogP contribution in [0.25, 0.3) is 0 Å². The summed E-state index contributed by atoms with van der Waals surface area (Å²) >= 11 is 0. The van der Waals surface area contributed by atoms with Crippen LogP contribution in [0, 0.1) is 0 Å². The Kier molecular flexibility index (Phi) is 12.9. The van der Waals surface area contributed by atoms with Gasteiger partial charge in [-0.25, -0.2) is 0 Å². The zero-order valence-electron chi connectivity index (χ0n) is 8.88. The molecule has 14 heavy (non-hydrogen) atoms. The van der Waals surface area contributed by atoms with Gasteiger partial charge < -0.3 is 14.6 Å². The predicted molar refractivity (Wildman–Crippen MR) is 44.7 cm³/mol. The zero-order valence-corrected chi connectivity index (χ0v) is 10.9. The SMILES string of the molecule is CCCOC(=O)CCCCC(=O)[O-].[Na+]. The van der Waals surface area contributed by atoms with Crippen LogP contribution in [0.15, 0.2) is 0 Å². The molecule has 4 nitrogen and oxygen atoms in total. The number of carboxylic acid groups (broad SMARTS) is 1. The molecule has 0 aromatic rings. The Morgan fingerprint density at radius 1 is 1.21 bits per heavy atom. The van der Waals surface area contributed by atoms with Gasteiger partial charge in [0.25, 0.3) is 0 Å². The van der Waals surface area contributed by atoms with Crippen molar-refractivity contribution in [3.05, 3.63) is 0 Å². The molecule has 0 bridgehead atoms. The smallest absolute Gasteiger partial charge is 0.550 e. The van der Waals surface area contributed by atoms with Gasteiger partial charge in [-0.05, 0) is 25.7 Å². The minimum absolute atomic E-state index is 0. The van der Waals surface area contributed by atoms with Crippen LogP contribution in [0.3, 0.4) is 0 Å². The first-order chi connectivity index (χ1) is 6.16. The number of ether oxygens (including phenoxy) is 1. The van der Waals surface area contributed by atoms with Gasteiger partial charge in [-0.3, -0.25) is 4.79 Å². The van der Waals surface area contributed by atoms with Gasteiger partial charge in [0.1, 0.15) is 0 Å². The third-order valence-corrected chi connectivity index (χ3v) is 1.48. The molecular weight excluding hydrogens is 195 g/mol. The van der Waals surface area contributed by atoms with E-state index < -0.39 is 5.97 Å². The number of carboxylic acids is 1. The summed E-state index contributed by atoms with van der Waals surface area (Å²) in [5.41, 5.74) is 0. The number of hydrogen-bond acceptors (Lipinski definition) is 4.